The average Bonchev–Trinajstić information content (AvgIpc) is 2.40. The third-order valence-electron chi connectivity index (χ3n) is 2.53. The Morgan fingerprint density at radius 3 is 2.55 bits per heavy atom. The monoisotopic (exact) mass is 296 g/mol. The maximum absolute atomic E-state index is 12.9. The summed E-state index contributed by atoms with van der Waals surface area (Å²) in [7, 11) is -3.96. The first-order valence-electron chi connectivity index (χ1n) is 5.85. The largest absolute Gasteiger partial charge is 0.397 e. The van der Waals surface area contributed by atoms with E-state index in [1.165, 1.54) is 36.5 Å². The van der Waals surface area contributed by atoms with Crippen molar-refractivity contribution < 1.29 is 17.0 Å². The van der Waals surface area contributed by atoms with Crippen molar-refractivity contribution in [2.75, 3.05) is 12.3 Å². The molecular formula is C13H13FN2O3S. The molecule has 7 heteroatoms. The van der Waals surface area contributed by atoms with Crippen molar-refractivity contribution in [3.05, 3.63) is 42.3 Å². The van der Waals surface area contributed by atoms with Gasteiger partial charge >= 0.3 is 0 Å². The first kappa shape index (κ1) is 14.4. The van der Waals surface area contributed by atoms with Crippen LogP contribution in [0.2, 0.25) is 0 Å². The zero-order valence-corrected chi connectivity index (χ0v) is 11.5. The Labute approximate surface area is 116 Å². The highest BCUT2D eigenvalue weighted by molar-refractivity contribution is 7.87. The smallest absolute Gasteiger partial charge is 0.299 e. The van der Waals surface area contributed by atoms with E-state index in [-0.39, 0.29) is 22.9 Å². The second-order valence-corrected chi connectivity index (χ2v) is 5.57. The van der Waals surface area contributed by atoms with Gasteiger partial charge in [0.2, 0.25) is 0 Å². The minimum atomic E-state index is -3.96. The van der Waals surface area contributed by atoms with E-state index in [0.29, 0.717) is 5.56 Å². The number of hydrogen-bond donors (Lipinski definition) is 1. The van der Waals surface area contributed by atoms with Crippen molar-refractivity contribution in [1.82, 2.24) is 4.98 Å². The molecule has 0 bridgehead atoms. The van der Waals surface area contributed by atoms with Crippen LogP contribution in [0.4, 0.5) is 10.1 Å². The van der Waals surface area contributed by atoms with E-state index in [0.717, 1.165) is 0 Å². The predicted molar refractivity (Wildman–Crippen MR) is 72.9 cm³/mol. The van der Waals surface area contributed by atoms with Crippen LogP contribution in [-0.2, 0) is 14.3 Å². The van der Waals surface area contributed by atoms with Crippen molar-refractivity contribution in [3.63, 3.8) is 0 Å². The first-order valence-corrected chi connectivity index (χ1v) is 7.26. The molecule has 2 aromatic rings. The van der Waals surface area contributed by atoms with Gasteiger partial charge in [0.25, 0.3) is 10.1 Å². The molecule has 0 aliphatic rings. The Kier molecular flexibility index (Phi) is 4.01. The van der Waals surface area contributed by atoms with E-state index in [9.17, 15) is 12.8 Å². The fourth-order valence-electron chi connectivity index (χ4n) is 1.69. The summed E-state index contributed by atoms with van der Waals surface area (Å²) in [5, 5.41) is 0. The molecule has 1 aromatic heterocycles. The molecule has 2 N–H and O–H groups in total. The number of nitrogens with two attached hydrogens (primary N) is 1. The third kappa shape index (κ3) is 2.94. The van der Waals surface area contributed by atoms with Crippen molar-refractivity contribution >= 4 is 15.8 Å². The van der Waals surface area contributed by atoms with Crippen molar-refractivity contribution in [3.8, 4) is 11.3 Å². The van der Waals surface area contributed by atoms with Crippen LogP contribution in [0.3, 0.4) is 0 Å². The number of halogens is 1. The topological polar surface area (TPSA) is 82.3 Å². The Balaban J connectivity index is 2.62. The fourth-order valence-corrected chi connectivity index (χ4v) is 2.82. The van der Waals surface area contributed by atoms with Crippen molar-refractivity contribution in [2.24, 2.45) is 0 Å². The van der Waals surface area contributed by atoms with Gasteiger partial charge in [-0.05, 0) is 37.3 Å². The number of anilines is 1. The second-order valence-electron chi connectivity index (χ2n) is 3.98. The van der Waals surface area contributed by atoms with Gasteiger partial charge in [-0.15, -0.1) is 0 Å². The van der Waals surface area contributed by atoms with Gasteiger partial charge in [0.1, 0.15) is 10.7 Å². The molecule has 0 radical (unpaired) electrons. The van der Waals surface area contributed by atoms with Crippen LogP contribution >= 0.6 is 0 Å². The van der Waals surface area contributed by atoms with E-state index in [1.54, 1.807) is 6.92 Å². The summed E-state index contributed by atoms with van der Waals surface area (Å²) < 4.78 is 41.8. The summed E-state index contributed by atoms with van der Waals surface area (Å²) in [5.74, 6) is -0.418. The lowest BCUT2D eigenvalue weighted by atomic mass is 10.1. The zero-order chi connectivity index (χ0) is 14.8. The van der Waals surface area contributed by atoms with Gasteiger partial charge in [-0.3, -0.25) is 9.17 Å². The van der Waals surface area contributed by atoms with Crippen LogP contribution in [-0.4, -0.2) is 20.0 Å². The summed E-state index contributed by atoms with van der Waals surface area (Å²) in [6.45, 7) is 1.56. The predicted octanol–water partition coefficient (Wildman–Crippen LogP) is 2.20. The van der Waals surface area contributed by atoms with Gasteiger partial charge in [0, 0.05) is 5.56 Å². The van der Waals surface area contributed by atoms with Crippen LogP contribution < -0.4 is 5.73 Å². The summed E-state index contributed by atoms with van der Waals surface area (Å²) in [4.78, 5) is 3.89. The van der Waals surface area contributed by atoms with Crippen molar-refractivity contribution in [2.45, 2.75) is 11.8 Å². The third-order valence-corrected chi connectivity index (χ3v) is 3.93. The van der Waals surface area contributed by atoms with E-state index in [4.69, 9.17) is 9.92 Å². The molecule has 0 saturated heterocycles. The molecule has 0 saturated carbocycles. The maximum Gasteiger partial charge on any atom is 0.299 e. The summed E-state index contributed by atoms with van der Waals surface area (Å²) in [6, 6.07) is 6.61. The van der Waals surface area contributed by atoms with Gasteiger partial charge in [0.05, 0.1) is 24.2 Å². The SMILES string of the molecule is CCOS(=O)(=O)c1cc(N)cnc1-c1ccc(F)cc1. The van der Waals surface area contributed by atoms with Gasteiger partial charge in [-0.1, -0.05) is 0 Å². The van der Waals surface area contributed by atoms with Crippen molar-refractivity contribution in [1.29, 1.82) is 0 Å². The lowest BCUT2D eigenvalue weighted by molar-refractivity contribution is 0.338. The number of nitrogen functional groups attached to an aromatic ring is 1. The summed E-state index contributed by atoms with van der Waals surface area (Å²) in [5.41, 5.74) is 6.42. The van der Waals surface area contributed by atoms with E-state index < -0.39 is 15.9 Å². The molecule has 0 fully saturated rings. The number of benzene rings is 1. The number of nitrogens with zero attached hydrogens (tertiary/aromatic N) is 1. The molecule has 0 spiro atoms. The molecule has 0 unspecified atom stereocenters. The lowest BCUT2D eigenvalue weighted by Crippen LogP contribution is -2.09. The molecule has 5 nitrogen and oxygen atoms in total. The van der Waals surface area contributed by atoms with Crippen LogP contribution in [0.15, 0.2) is 41.4 Å². The number of rotatable bonds is 4. The van der Waals surface area contributed by atoms with Crippen LogP contribution in [0, 0.1) is 5.82 Å². The molecule has 1 aromatic carbocycles. The minimum absolute atomic E-state index is 0.00000971. The summed E-state index contributed by atoms with van der Waals surface area (Å²) in [6.07, 6.45) is 1.34. The normalized spacial score (nSPS) is 11.5. The highest BCUT2D eigenvalue weighted by atomic mass is 32.2. The molecule has 2 rings (SSSR count). The average molecular weight is 296 g/mol. The number of hydrogen-bond acceptors (Lipinski definition) is 5. The van der Waals surface area contributed by atoms with E-state index >= 15 is 0 Å². The molecule has 0 atom stereocenters. The second kappa shape index (κ2) is 5.56. The maximum atomic E-state index is 12.9. The van der Waals surface area contributed by atoms with Gasteiger partial charge in [0.15, 0.2) is 0 Å². The molecule has 0 aliphatic carbocycles. The molecule has 1 heterocycles. The molecule has 0 amide bonds. The van der Waals surface area contributed by atoms with Crippen LogP contribution in [0.25, 0.3) is 11.3 Å². The fraction of sp³-hybridized carbons (Fsp3) is 0.154. The quantitative estimate of drug-likeness (QED) is 0.875. The Morgan fingerprint density at radius 2 is 1.95 bits per heavy atom. The highest BCUT2D eigenvalue weighted by Gasteiger charge is 2.21. The van der Waals surface area contributed by atoms with Gasteiger partial charge < -0.3 is 5.73 Å². The lowest BCUT2D eigenvalue weighted by Gasteiger charge is -2.10. The number of pyridine rings is 1. The minimum Gasteiger partial charge on any atom is -0.397 e. The molecule has 0 aliphatic heterocycles. The first-order chi connectivity index (χ1) is 9.44. The van der Waals surface area contributed by atoms with E-state index in [2.05, 4.69) is 4.98 Å². The highest BCUT2D eigenvalue weighted by Crippen LogP contribution is 2.28. The standard InChI is InChI=1S/C13H13FN2O3S/c1-2-19-20(17,18)12-7-11(15)8-16-13(12)9-3-5-10(14)6-4-9/h3-8H,2,15H2,1H3. The molecule has 20 heavy (non-hydrogen) atoms. The number of aromatic nitrogens is 1. The zero-order valence-electron chi connectivity index (χ0n) is 10.7. The molecule has 106 valence electrons. The van der Waals surface area contributed by atoms with Gasteiger partial charge in [-0.25, -0.2) is 4.39 Å². The van der Waals surface area contributed by atoms with E-state index in [1.807, 2.05) is 0 Å². The Bertz CT molecular complexity index is 715. The van der Waals surface area contributed by atoms with Crippen LogP contribution in [0.1, 0.15) is 6.92 Å². The Morgan fingerprint density at radius 1 is 1.30 bits per heavy atom. The van der Waals surface area contributed by atoms with Gasteiger partial charge in [-0.2, -0.15) is 8.42 Å². The summed E-state index contributed by atoms with van der Waals surface area (Å²) >= 11 is 0. The molecular weight excluding hydrogens is 283 g/mol. The van der Waals surface area contributed by atoms with Crippen LogP contribution in [0.5, 0.6) is 0 Å². The Hall–Kier alpha value is -1.99.